The number of nitrogens with zero attached hydrogens (tertiary/aromatic N) is 1. The molecule has 0 saturated carbocycles. The van der Waals surface area contributed by atoms with E-state index in [9.17, 15) is 0 Å². The van der Waals surface area contributed by atoms with Gasteiger partial charge in [-0.1, -0.05) is 20.8 Å². The maximum atomic E-state index is 5.93. The van der Waals surface area contributed by atoms with Gasteiger partial charge in [-0.25, -0.2) is 4.98 Å². The summed E-state index contributed by atoms with van der Waals surface area (Å²) in [6, 6.07) is 0. The second kappa shape index (κ2) is 6.72. The molecule has 1 aromatic heterocycles. The van der Waals surface area contributed by atoms with E-state index in [0.29, 0.717) is 17.8 Å². The van der Waals surface area contributed by atoms with Crippen molar-refractivity contribution in [1.82, 2.24) is 10.3 Å². The molecule has 4 atom stereocenters. The number of hydrogen-bond donors (Lipinski definition) is 1. The second-order valence-electron chi connectivity index (χ2n) is 6.44. The van der Waals surface area contributed by atoms with Gasteiger partial charge in [0.1, 0.15) is 5.76 Å². The van der Waals surface area contributed by atoms with Crippen molar-refractivity contribution >= 4 is 0 Å². The summed E-state index contributed by atoms with van der Waals surface area (Å²) in [6.45, 7) is 12.9. The van der Waals surface area contributed by atoms with E-state index in [1.54, 1.807) is 0 Å². The minimum Gasteiger partial charge on any atom is -0.445 e. The zero-order valence-corrected chi connectivity index (χ0v) is 13.3. The molecule has 0 spiro atoms. The highest BCUT2D eigenvalue weighted by molar-refractivity contribution is 5.09. The number of rotatable bonds is 6. The van der Waals surface area contributed by atoms with Gasteiger partial charge in [-0.05, 0) is 32.2 Å². The van der Waals surface area contributed by atoms with Gasteiger partial charge in [0.2, 0.25) is 0 Å². The van der Waals surface area contributed by atoms with Gasteiger partial charge in [-0.3, -0.25) is 0 Å². The molecule has 0 bridgehead atoms. The van der Waals surface area contributed by atoms with Crippen LogP contribution in [-0.4, -0.2) is 30.3 Å². The van der Waals surface area contributed by atoms with Gasteiger partial charge in [0.25, 0.3) is 0 Å². The number of aromatic nitrogens is 1. The topological polar surface area (TPSA) is 47.3 Å². The smallest absolute Gasteiger partial charge is 0.195 e. The van der Waals surface area contributed by atoms with Gasteiger partial charge in [0.05, 0.1) is 18.4 Å². The van der Waals surface area contributed by atoms with Crippen molar-refractivity contribution in [2.45, 2.75) is 59.2 Å². The summed E-state index contributed by atoms with van der Waals surface area (Å²) in [4.78, 5) is 4.41. The molecule has 20 heavy (non-hydrogen) atoms. The van der Waals surface area contributed by atoms with Crippen LogP contribution in [0.1, 0.15) is 52.2 Å². The molecule has 1 aliphatic heterocycles. The summed E-state index contributed by atoms with van der Waals surface area (Å²) in [5.74, 6) is 3.29. The Morgan fingerprint density at radius 3 is 2.60 bits per heavy atom. The van der Waals surface area contributed by atoms with E-state index in [4.69, 9.17) is 9.15 Å². The average Bonchev–Trinajstić information content (AvgIpc) is 2.91. The number of nitrogens with one attached hydrogen (secondary N) is 1. The minimum absolute atomic E-state index is 0.208. The predicted octanol–water partition coefficient (Wildman–Crippen LogP) is 2.99. The lowest BCUT2D eigenvalue weighted by atomic mass is 9.88. The van der Waals surface area contributed by atoms with E-state index in [1.165, 1.54) is 0 Å². The van der Waals surface area contributed by atoms with Gasteiger partial charge in [0, 0.05) is 18.9 Å². The molecular weight excluding hydrogens is 252 g/mol. The first-order chi connectivity index (χ1) is 9.49. The van der Waals surface area contributed by atoms with Gasteiger partial charge in [-0.2, -0.15) is 0 Å². The molecule has 0 radical (unpaired) electrons. The number of hydrogen-bond acceptors (Lipinski definition) is 4. The molecule has 0 aliphatic carbocycles. The Balaban J connectivity index is 1.89. The zero-order chi connectivity index (χ0) is 14.7. The second-order valence-corrected chi connectivity index (χ2v) is 6.44. The van der Waals surface area contributed by atoms with Crippen LogP contribution >= 0.6 is 0 Å². The molecule has 114 valence electrons. The Morgan fingerprint density at radius 2 is 2.00 bits per heavy atom. The van der Waals surface area contributed by atoms with Crippen LogP contribution in [0.4, 0.5) is 0 Å². The van der Waals surface area contributed by atoms with Gasteiger partial charge >= 0.3 is 0 Å². The summed E-state index contributed by atoms with van der Waals surface area (Å²) >= 11 is 0. The summed E-state index contributed by atoms with van der Waals surface area (Å²) < 4.78 is 11.8. The number of ether oxygens (including phenoxy) is 1. The molecule has 1 aliphatic rings. The molecular formula is C16H28N2O2. The van der Waals surface area contributed by atoms with Crippen LogP contribution in [0, 0.1) is 11.8 Å². The molecule has 2 rings (SSSR count). The number of oxazole rings is 1. The largest absolute Gasteiger partial charge is 0.445 e. The molecule has 2 heterocycles. The normalized spacial score (nSPS) is 30.3. The van der Waals surface area contributed by atoms with Crippen molar-refractivity contribution in [3.8, 4) is 0 Å². The van der Waals surface area contributed by atoms with Crippen molar-refractivity contribution in [1.29, 1.82) is 0 Å². The van der Waals surface area contributed by atoms with E-state index < -0.39 is 0 Å². The van der Waals surface area contributed by atoms with Gasteiger partial charge in [0.15, 0.2) is 5.89 Å². The quantitative estimate of drug-likeness (QED) is 0.814. The first kappa shape index (κ1) is 15.5. The summed E-state index contributed by atoms with van der Waals surface area (Å²) in [5.41, 5.74) is 0. The SMILES string of the molecule is CC(C)CNCCc1ncc(C2C(C)OC(C)C2C)o1. The third-order valence-corrected chi connectivity index (χ3v) is 4.21. The van der Waals surface area contributed by atoms with Crippen LogP contribution in [-0.2, 0) is 11.2 Å². The molecule has 1 aromatic rings. The Labute approximate surface area is 122 Å². The van der Waals surface area contributed by atoms with Crippen LogP contribution in [0.15, 0.2) is 10.6 Å². The molecule has 4 nitrogen and oxygen atoms in total. The fraction of sp³-hybridized carbons (Fsp3) is 0.812. The monoisotopic (exact) mass is 280 g/mol. The van der Waals surface area contributed by atoms with Crippen molar-refractivity contribution in [3.05, 3.63) is 17.8 Å². The van der Waals surface area contributed by atoms with Crippen molar-refractivity contribution in [3.63, 3.8) is 0 Å². The predicted molar refractivity (Wildman–Crippen MR) is 79.8 cm³/mol. The Hall–Kier alpha value is -0.870. The molecule has 1 saturated heterocycles. The van der Waals surface area contributed by atoms with E-state index in [1.807, 2.05) is 6.20 Å². The van der Waals surface area contributed by atoms with Crippen molar-refractivity contribution < 1.29 is 9.15 Å². The Kier molecular flexibility index (Phi) is 5.22. The summed E-state index contributed by atoms with van der Waals surface area (Å²) in [6.07, 6.45) is 3.23. The standard InChI is InChI=1S/C16H28N2O2/c1-10(2)8-17-7-6-15-18-9-14(20-15)16-11(3)12(4)19-13(16)5/h9-13,16-17H,6-8H2,1-5H3. The minimum atomic E-state index is 0.208. The molecule has 1 N–H and O–H groups in total. The van der Waals surface area contributed by atoms with Crippen molar-refractivity contribution in [2.75, 3.05) is 13.1 Å². The Morgan fingerprint density at radius 1 is 1.25 bits per heavy atom. The summed E-state index contributed by atoms with van der Waals surface area (Å²) in [7, 11) is 0. The van der Waals surface area contributed by atoms with Crippen LogP contribution in [0.2, 0.25) is 0 Å². The first-order valence-electron chi connectivity index (χ1n) is 7.79. The molecule has 4 unspecified atom stereocenters. The van der Waals surface area contributed by atoms with Gasteiger partial charge in [-0.15, -0.1) is 0 Å². The lowest BCUT2D eigenvalue weighted by molar-refractivity contribution is 0.0547. The first-order valence-corrected chi connectivity index (χ1v) is 7.79. The van der Waals surface area contributed by atoms with E-state index in [2.05, 4.69) is 44.9 Å². The highest BCUT2D eigenvalue weighted by atomic mass is 16.5. The van der Waals surface area contributed by atoms with Crippen molar-refractivity contribution in [2.24, 2.45) is 11.8 Å². The third-order valence-electron chi connectivity index (χ3n) is 4.21. The zero-order valence-electron chi connectivity index (χ0n) is 13.3. The highest BCUT2D eigenvalue weighted by Gasteiger charge is 2.40. The van der Waals surface area contributed by atoms with Crippen LogP contribution < -0.4 is 5.32 Å². The van der Waals surface area contributed by atoms with Crippen LogP contribution in [0.5, 0.6) is 0 Å². The van der Waals surface area contributed by atoms with Crippen LogP contribution in [0.3, 0.4) is 0 Å². The van der Waals surface area contributed by atoms with Crippen LogP contribution in [0.25, 0.3) is 0 Å². The third kappa shape index (κ3) is 3.61. The highest BCUT2D eigenvalue weighted by Crippen LogP contribution is 2.39. The Bertz CT molecular complexity index is 416. The van der Waals surface area contributed by atoms with Gasteiger partial charge < -0.3 is 14.5 Å². The lowest BCUT2D eigenvalue weighted by Gasteiger charge is -2.14. The maximum Gasteiger partial charge on any atom is 0.195 e. The van der Waals surface area contributed by atoms with E-state index in [-0.39, 0.29) is 12.2 Å². The molecule has 0 amide bonds. The molecule has 4 heteroatoms. The fourth-order valence-corrected chi connectivity index (χ4v) is 2.94. The average molecular weight is 280 g/mol. The fourth-order valence-electron chi connectivity index (χ4n) is 2.94. The maximum absolute atomic E-state index is 5.93. The molecule has 1 fully saturated rings. The summed E-state index contributed by atoms with van der Waals surface area (Å²) in [5, 5.41) is 3.41. The van der Waals surface area contributed by atoms with E-state index in [0.717, 1.165) is 31.2 Å². The van der Waals surface area contributed by atoms with E-state index >= 15 is 0 Å². The molecule has 0 aromatic carbocycles. The lowest BCUT2D eigenvalue weighted by Crippen LogP contribution is -2.22.